The van der Waals surface area contributed by atoms with Crippen LogP contribution >= 0.6 is 0 Å². The smallest absolute Gasteiger partial charge is 0.368 e. The number of aromatic nitrogens is 2. The third-order valence-corrected chi connectivity index (χ3v) is 6.24. The predicted octanol–water partition coefficient (Wildman–Crippen LogP) is 3.43. The molecule has 31 heavy (non-hydrogen) atoms. The summed E-state index contributed by atoms with van der Waals surface area (Å²) in [4.78, 5) is 15.3. The lowest BCUT2D eigenvalue weighted by molar-refractivity contribution is -0.137. The number of benzene rings is 1. The van der Waals surface area contributed by atoms with Gasteiger partial charge in [-0.05, 0) is 49.7 Å². The molecule has 2 saturated heterocycles. The number of piperazine rings is 1. The molecule has 1 unspecified atom stereocenters. The summed E-state index contributed by atoms with van der Waals surface area (Å²) in [6, 6.07) is 7.63. The number of anilines is 2. The van der Waals surface area contributed by atoms with Crippen molar-refractivity contribution in [2.75, 3.05) is 56.4 Å². The van der Waals surface area contributed by atoms with Crippen molar-refractivity contribution in [2.45, 2.75) is 31.5 Å². The van der Waals surface area contributed by atoms with Crippen LogP contribution in [0.2, 0.25) is 0 Å². The summed E-state index contributed by atoms with van der Waals surface area (Å²) < 4.78 is 39.1. The van der Waals surface area contributed by atoms with E-state index in [1.807, 2.05) is 6.07 Å². The average Bonchev–Trinajstić information content (AvgIpc) is 2.78. The predicted molar refractivity (Wildman–Crippen MR) is 115 cm³/mol. The summed E-state index contributed by atoms with van der Waals surface area (Å²) in [5, 5.41) is 0. The molecule has 168 valence electrons. The molecule has 1 aromatic carbocycles. The number of rotatable bonds is 5. The molecule has 2 fully saturated rings. The van der Waals surface area contributed by atoms with Crippen LogP contribution in [0.4, 0.5) is 24.9 Å². The molecule has 2 N–H and O–H groups in total. The van der Waals surface area contributed by atoms with Gasteiger partial charge in [-0.15, -0.1) is 0 Å². The molecule has 0 amide bonds. The van der Waals surface area contributed by atoms with Crippen molar-refractivity contribution >= 4 is 11.8 Å². The topological polar surface area (TPSA) is 61.5 Å². The molecule has 4 rings (SSSR count). The van der Waals surface area contributed by atoms with Gasteiger partial charge in [0.25, 0.3) is 0 Å². The van der Waals surface area contributed by atoms with Gasteiger partial charge in [0.15, 0.2) is 0 Å². The molecule has 0 bridgehead atoms. The van der Waals surface area contributed by atoms with Crippen molar-refractivity contribution in [1.29, 1.82) is 0 Å². The fourth-order valence-electron chi connectivity index (χ4n) is 4.52. The summed E-state index contributed by atoms with van der Waals surface area (Å²) in [5.74, 6) is 1.07. The molecule has 1 aromatic heterocycles. The van der Waals surface area contributed by atoms with Gasteiger partial charge >= 0.3 is 6.18 Å². The minimum absolute atomic E-state index is 0.0676. The molecule has 0 aliphatic carbocycles. The number of likely N-dealkylation sites (tertiary alicyclic amines) is 1. The van der Waals surface area contributed by atoms with Crippen LogP contribution in [0, 0.1) is 0 Å². The maximum Gasteiger partial charge on any atom is 0.416 e. The van der Waals surface area contributed by atoms with Crippen molar-refractivity contribution in [1.82, 2.24) is 19.8 Å². The second-order valence-corrected chi connectivity index (χ2v) is 8.29. The van der Waals surface area contributed by atoms with E-state index in [-0.39, 0.29) is 12.0 Å². The van der Waals surface area contributed by atoms with Crippen LogP contribution in [0.15, 0.2) is 36.5 Å². The second-order valence-electron chi connectivity index (χ2n) is 8.29. The van der Waals surface area contributed by atoms with E-state index in [9.17, 15) is 13.2 Å². The fraction of sp³-hybridized carbons (Fsp3) is 0.545. The van der Waals surface area contributed by atoms with Crippen molar-refractivity contribution < 1.29 is 13.2 Å². The van der Waals surface area contributed by atoms with Gasteiger partial charge in [-0.1, -0.05) is 18.6 Å². The molecular weight excluding hydrogens is 405 g/mol. The normalized spacial score (nSPS) is 20.0. The van der Waals surface area contributed by atoms with Gasteiger partial charge in [0.05, 0.1) is 5.56 Å². The first-order valence-electron chi connectivity index (χ1n) is 10.9. The Bertz CT molecular complexity index is 843. The number of hydrogen-bond donors (Lipinski definition) is 1. The molecule has 3 heterocycles. The largest absolute Gasteiger partial charge is 0.416 e. The van der Waals surface area contributed by atoms with Gasteiger partial charge in [-0.3, -0.25) is 4.90 Å². The summed E-state index contributed by atoms with van der Waals surface area (Å²) in [6.07, 6.45) is 0.963. The van der Waals surface area contributed by atoms with Gasteiger partial charge in [-0.2, -0.15) is 18.2 Å². The van der Waals surface area contributed by atoms with E-state index < -0.39 is 11.7 Å². The Labute approximate surface area is 180 Å². The van der Waals surface area contributed by atoms with Crippen molar-refractivity contribution in [3.05, 3.63) is 47.7 Å². The molecule has 6 nitrogen and oxygen atoms in total. The summed E-state index contributed by atoms with van der Waals surface area (Å²) in [5.41, 5.74) is 6.06. The molecule has 0 spiro atoms. The highest BCUT2D eigenvalue weighted by Crippen LogP contribution is 2.32. The van der Waals surface area contributed by atoms with Crippen LogP contribution in [0.3, 0.4) is 0 Å². The van der Waals surface area contributed by atoms with Crippen molar-refractivity contribution in [2.24, 2.45) is 0 Å². The van der Waals surface area contributed by atoms with Gasteiger partial charge in [0.2, 0.25) is 5.95 Å². The first-order valence-corrected chi connectivity index (χ1v) is 10.9. The Kier molecular flexibility index (Phi) is 6.62. The second kappa shape index (κ2) is 9.40. The Morgan fingerprint density at radius 2 is 1.58 bits per heavy atom. The van der Waals surface area contributed by atoms with Crippen LogP contribution < -0.4 is 10.6 Å². The zero-order valence-corrected chi connectivity index (χ0v) is 17.6. The molecule has 0 radical (unpaired) electrons. The van der Waals surface area contributed by atoms with Gasteiger partial charge in [-0.25, -0.2) is 4.98 Å². The van der Waals surface area contributed by atoms with E-state index >= 15 is 0 Å². The molecule has 9 heteroatoms. The molecule has 0 saturated carbocycles. The molecule has 2 aromatic rings. The monoisotopic (exact) mass is 434 g/mol. The first kappa shape index (κ1) is 21.8. The molecule has 2 aliphatic heterocycles. The van der Waals surface area contributed by atoms with Gasteiger partial charge in [0.1, 0.15) is 5.82 Å². The van der Waals surface area contributed by atoms with Crippen LogP contribution in [0.1, 0.15) is 36.4 Å². The minimum atomic E-state index is -4.31. The van der Waals surface area contributed by atoms with E-state index in [1.54, 1.807) is 18.3 Å². The summed E-state index contributed by atoms with van der Waals surface area (Å²) in [6.45, 7) is 6.13. The number of nitrogens with two attached hydrogens (primary N) is 1. The Morgan fingerprint density at radius 1 is 0.903 bits per heavy atom. The number of piperidine rings is 1. The zero-order valence-electron chi connectivity index (χ0n) is 17.6. The van der Waals surface area contributed by atoms with Gasteiger partial charge < -0.3 is 15.5 Å². The lowest BCUT2D eigenvalue weighted by Gasteiger charge is -2.42. The Morgan fingerprint density at radius 3 is 2.19 bits per heavy atom. The van der Waals surface area contributed by atoms with Crippen LogP contribution in [-0.4, -0.2) is 65.6 Å². The van der Waals surface area contributed by atoms with E-state index in [0.29, 0.717) is 0 Å². The zero-order chi connectivity index (χ0) is 21.8. The lowest BCUT2D eigenvalue weighted by Crippen LogP contribution is -2.50. The molecular formula is C22H29F3N6. The number of nitrogens with zero attached hydrogens (tertiary/aromatic N) is 5. The third-order valence-electron chi connectivity index (χ3n) is 6.24. The highest BCUT2D eigenvalue weighted by molar-refractivity contribution is 5.41. The highest BCUT2D eigenvalue weighted by Gasteiger charge is 2.32. The standard InChI is InChI=1S/C22H29F3N6/c23-22(24,25)18-6-4-17(5-7-18)19(16-29-10-2-1-3-11-29)30-12-14-31(15-13-30)20-8-9-27-21(26)28-20/h4-9,19H,1-3,10-16H2,(H2,26,27,28). The van der Waals surface area contributed by atoms with Crippen molar-refractivity contribution in [3.8, 4) is 0 Å². The maximum atomic E-state index is 13.0. The van der Waals surface area contributed by atoms with Crippen LogP contribution in [0.5, 0.6) is 0 Å². The molecule has 2 aliphatic rings. The van der Waals surface area contributed by atoms with Crippen LogP contribution in [0.25, 0.3) is 0 Å². The number of hydrogen-bond acceptors (Lipinski definition) is 6. The van der Waals surface area contributed by atoms with Crippen LogP contribution in [-0.2, 0) is 6.18 Å². The van der Waals surface area contributed by atoms with E-state index in [2.05, 4.69) is 24.7 Å². The lowest BCUT2D eigenvalue weighted by atomic mass is 10.0. The summed E-state index contributed by atoms with van der Waals surface area (Å²) in [7, 11) is 0. The van der Waals surface area contributed by atoms with E-state index in [4.69, 9.17) is 5.73 Å². The first-order chi connectivity index (χ1) is 14.9. The SMILES string of the molecule is Nc1nccc(N2CCN(C(CN3CCCCC3)c3ccc(C(F)(F)F)cc3)CC2)n1. The maximum absolute atomic E-state index is 13.0. The van der Waals surface area contributed by atoms with Gasteiger partial charge in [0, 0.05) is 45.0 Å². The fourth-order valence-corrected chi connectivity index (χ4v) is 4.52. The quantitative estimate of drug-likeness (QED) is 0.778. The highest BCUT2D eigenvalue weighted by atomic mass is 19.4. The number of nitrogen functional groups attached to an aromatic ring is 1. The van der Waals surface area contributed by atoms with Crippen molar-refractivity contribution in [3.63, 3.8) is 0 Å². The summed E-state index contributed by atoms with van der Waals surface area (Å²) >= 11 is 0. The minimum Gasteiger partial charge on any atom is -0.368 e. The average molecular weight is 435 g/mol. The number of halogens is 3. The third kappa shape index (κ3) is 5.46. The van der Waals surface area contributed by atoms with E-state index in [0.717, 1.165) is 57.2 Å². The molecule has 1 atom stereocenters. The number of alkyl halides is 3. The Hall–Kier alpha value is -2.39. The Balaban J connectivity index is 1.49. The van der Waals surface area contributed by atoms with E-state index in [1.165, 1.54) is 31.4 Å².